The molecule has 0 unspecified atom stereocenters. The third-order valence-corrected chi connectivity index (χ3v) is 3.88. The predicted octanol–water partition coefficient (Wildman–Crippen LogP) is 3.56. The monoisotopic (exact) mass is 293 g/mol. The van der Waals surface area contributed by atoms with E-state index in [-0.39, 0.29) is 6.79 Å². The molecule has 0 amide bonds. The van der Waals surface area contributed by atoms with Crippen molar-refractivity contribution in [3.05, 3.63) is 59.8 Å². The molecule has 110 valence electrons. The molecule has 3 aromatic rings. The number of fused-ring (bicyclic) bond motifs is 2. The molecule has 1 aromatic heterocycles. The van der Waals surface area contributed by atoms with Crippen molar-refractivity contribution in [2.45, 2.75) is 6.42 Å². The van der Waals surface area contributed by atoms with Gasteiger partial charge in [-0.1, -0.05) is 12.1 Å². The molecule has 0 radical (unpaired) electrons. The SMILES string of the molecule is COc1ccc(Cc2ccnc3cc4c(cc23)OCO4)cc1. The molecule has 4 nitrogen and oxygen atoms in total. The largest absolute Gasteiger partial charge is 0.497 e. The Bertz CT molecular complexity index is 828. The first kappa shape index (κ1) is 13.0. The van der Waals surface area contributed by atoms with Crippen LogP contribution in [0.3, 0.4) is 0 Å². The van der Waals surface area contributed by atoms with Gasteiger partial charge in [0.15, 0.2) is 11.5 Å². The number of methoxy groups -OCH3 is 1. The van der Waals surface area contributed by atoms with E-state index in [0.717, 1.165) is 34.6 Å². The average molecular weight is 293 g/mol. The molecule has 1 aliphatic heterocycles. The molecule has 0 saturated carbocycles. The van der Waals surface area contributed by atoms with Crippen LogP contribution in [0.4, 0.5) is 0 Å². The van der Waals surface area contributed by atoms with Crippen molar-refractivity contribution in [3.8, 4) is 17.2 Å². The van der Waals surface area contributed by atoms with E-state index in [1.54, 1.807) is 7.11 Å². The van der Waals surface area contributed by atoms with Gasteiger partial charge < -0.3 is 14.2 Å². The maximum atomic E-state index is 5.48. The van der Waals surface area contributed by atoms with Crippen LogP contribution in [0.2, 0.25) is 0 Å². The summed E-state index contributed by atoms with van der Waals surface area (Å²) >= 11 is 0. The Morgan fingerprint density at radius 3 is 2.59 bits per heavy atom. The summed E-state index contributed by atoms with van der Waals surface area (Å²) in [6.07, 6.45) is 2.67. The van der Waals surface area contributed by atoms with E-state index in [4.69, 9.17) is 14.2 Å². The molecule has 0 fully saturated rings. The quantitative estimate of drug-likeness (QED) is 0.740. The van der Waals surface area contributed by atoms with Crippen molar-refractivity contribution < 1.29 is 14.2 Å². The second-order valence-electron chi connectivity index (χ2n) is 5.22. The lowest BCUT2D eigenvalue weighted by molar-refractivity contribution is 0.174. The zero-order chi connectivity index (χ0) is 14.9. The van der Waals surface area contributed by atoms with E-state index in [0.29, 0.717) is 0 Å². The minimum absolute atomic E-state index is 0.277. The van der Waals surface area contributed by atoms with Crippen LogP contribution in [-0.4, -0.2) is 18.9 Å². The van der Waals surface area contributed by atoms with Gasteiger partial charge in [-0.15, -0.1) is 0 Å². The standard InChI is InChI=1S/C18H15NO3/c1-20-14-4-2-12(3-5-14)8-13-6-7-19-16-10-18-17(9-15(13)16)21-11-22-18/h2-7,9-10H,8,11H2,1H3. The Kier molecular flexibility index (Phi) is 3.07. The van der Waals surface area contributed by atoms with Crippen LogP contribution in [0.1, 0.15) is 11.1 Å². The number of hydrogen-bond donors (Lipinski definition) is 0. The maximum Gasteiger partial charge on any atom is 0.231 e. The Morgan fingerprint density at radius 2 is 1.82 bits per heavy atom. The van der Waals surface area contributed by atoms with Gasteiger partial charge in [0.05, 0.1) is 12.6 Å². The summed E-state index contributed by atoms with van der Waals surface area (Å²) in [4.78, 5) is 4.43. The van der Waals surface area contributed by atoms with Crippen LogP contribution in [0.25, 0.3) is 10.9 Å². The summed E-state index contributed by atoms with van der Waals surface area (Å²) in [6, 6.07) is 14.1. The van der Waals surface area contributed by atoms with Gasteiger partial charge in [-0.3, -0.25) is 4.98 Å². The summed E-state index contributed by atoms with van der Waals surface area (Å²) in [5.41, 5.74) is 3.37. The average Bonchev–Trinajstić information content (AvgIpc) is 3.01. The van der Waals surface area contributed by atoms with Gasteiger partial charge in [0, 0.05) is 17.6 Å². The lowest BCUT2D eigenvalue weighted by atomic mass is 10.0. The summed E-state index contributed by atoms with van der Waals surface area (Å²) in [5, 5.41) is 1.10. The van der Waals surface area contributed by atoms with Crippen LogP contribution in [0.5, 0.6) is 17.2 Å². The first-order valence-electron chi connectivity index (χ1n) is 7.13. The highest BCUT2D eigenvalue weighted by atomic mass is 16.7. The highest BCUT2D eigenvalue weighted by Crippen LogP contribution is 2.36. The van der Waals surface area contributed by atoms with E-state index in [1.165, 1.54) is 11.1 Å². The van der Waals surface area contributed by atoms with Crippen LogP contribution in [-0.2, 0) is 6.42 Å². The molecule has 0 atom stereocenters. The van der Waals surface area contributed by atoms with Crippen LogP contribution in [0.15, 0.2) is 48.7 Å². The summed E-state index contributed by atoms with van der Waals surface area (Å²) in [7, 11) is 1.67. The van der Waals surface area contributed by atoms with E-state index < -0.39 is 0 Å². The number of benzene rings is 2. The van der Waals surface area contributed by atoms with Gasteiger partial charge in [0.25, 0.3) is 0 Å². The smallest absolute Gasteiger partial charge is 0.231 e. The molecule has 0 saturated heterocycles. The minimum atomic E-state index is 0.277. The molecule has 0 bridgehead atoms. The number of nitrogens with zero attached hydrogens (tertiary/aromatic N) is 1. The van der Waals surface area contributed by atoms with E-state index >= 15 is 0 Å². The van der Waals surface area contributed by atoms with Crippen LogP contribution < -0.4 is 14.2 Å². The Labute approximate surface area is 128 Å². The molecule has 0 aliphatic carbocycles. The normalized spacial score (nSPS) is 12.6. The third kappa shape index (κ3) is 2.22. The maximum absolute atomic E-state index is 5.48. The highest BCUT2D eigenvalue weighted by Gasteiger charge is 2.16. The fourth-order valence-electron chi connectivity index (χ4n) is 2.71. The Balaban J connectivity index is 1.74. The fourth-order valence-corrected chi connectivity index (χ4v) is 2.71. The molecule has 0 N–H and O–H groups in total. The van der Waals surface area contributed by atoms with Crippen LogP contribution >= 0.6 is 0 Å². The molecule has 22 heavy (non-hydrogen) atoms. The van der Waals surface area contributed by atoms with Crippen molar-refractivity contribution in [1.82, 2.24) is 4.98 Å². The lowest BCUT2D eigenvalue weighted by Crippen LogP contribution is -1.93. The minimum Gasteiger partial charge on any atom is -0.497 e. The first-order valence-corrected chi connectivity index (χ1v) is 7.13. The van der Waals surface area contributed by atoms with Crippen molar-refractivity contribution in [2.24, 2.45) is 0 Å². The van der Waals surface area contributed by atoms with Crippen molar-refractivity contribution >= 4 is 10.9 Å². The van der Waals surface area contributed by atoms with Crippen molar-refractivity contribution in [2.75, 3.05) is 13.9 Å². The number of pyridine rings is 1. The number of rotatable bonds is 3. The zero-order valence-electron chi connectivity index (χ0n) is 12.2. The molecule has 2 heterocycles. The van der Waals surface area contributed by atoms with Crippen LogP contribution in [0, 0.1) is 0 Å². The van der Waals surface area contributed by atoms with Gasteiger partial charge in [-0.05, 0) is 41.8 Å². The summed E-state index contributed by atoms with van der Waals surface area (Å²) in [6.45, 7) is 0.277. The van der Waals surface area contributed by atoms with Gasteiger partial charge in [0.2, 0.25) is 6.79 Å². The zero-order valence-corrected chi connectivity index (χ0v) is 12.2. The highest BCUT2D eigenvalue weighted by molar-refractivity contribution is 5.86. The Morgan fingerprint density at radius 1 is 1.05 bits per heavy atom. The van der Waals surface area contributed by atoms with E-state index in [1.807, 2.05) is 30.5 Å². The Hall–Kier alpha value is -2.75. The summed E-state index contributed by atoms with van der Waals surface area (Å²) < 4.78 is 16.1. The topological polar surface area (TPSA) is 40.6 Å². The van der Waals surface area contributed by atoms with Gasteiger partial charge in [-0.25, -0.2) is 0 Å². The fraction of sp³-hybridized carbons (Fsp3) is 0.167. The third-order valence-electron chi connectivity index (χ3n) is 3.88. The van der Waals surface area contributed by atoms with Gasteiger partial charge in [0.1, 0.15) is 5.75 Å². The van der Waals surface area contributed by atoms with E-state index in [9.17, 15) is 0 Å². The van der Waals surface area contributed by atoms with E-state index in [2.05, 4.69) is 23.2 Å². The number of hydrogen-bond acceptors (Lipinski definition) is 4. The number of aromatic nitrogens is 1. The number of ether oxygens (including phenoxy) is 3. The molecule has 2 aromatic carbocycles. The molecule has 4 rings (SSSR count). The second-order valence-corrected chi connectivity index (χ2v) is 5.22. The molecule has 1 aliphatic rings. The van der Waals surface area contributed by atoms with Gasteiger partial charge in [-0.2, -0.15) is 0 Å². The molecule has 0 spiro atoms. The molecular formula is C18H15NO3. The van der Waals surface area contributed by atoms with Crippen molar-refractivity contribution in [1.29, 1.82) is 0 Å². The molecule has 4 heteroatoms. The van der Waals surface area contributed by atoms with Gasteiger partial charge >= 0.3 is 0 Å². The lowest BCUT2D eigenvalue weighted by Gasteiger charge is -2.08. The second kappa shape index (κ2) is 5.22. The molecular weight excluding hydrogens is 278 g/mol. The predicted molar refractivity (Wildman–Crippen MR) is 83.7 cm³/mol. The van der Waals surface area contributed by atoms with Crippen molar-refractivity contribution in [3.63, 3.8) is 0 Å². The first-order chi connectivity index (χ1) is 10.8. The summed E-state index contributed by atoms with van der Waals surface area (Å²) in [5.74, 6) is 2.42.